The number of carbonyl (C=O) groups excluding carboxylic acids is 2. The van der Waals surface area contributed by atoms with Crippen LogP contribution in [-0.2, 0) is 9.59 Å². The van der Waals surface area contributed by atoms with Crippen molar-refractivity contribution < 1.29 is 24.2 Å². The largest absolute Gasteiger partial charge is 0.507 e. The molecule has 3 aromatic carbocycles. The number of rotatable bonds is 6. The molecule has 1 saturated heterocycles. The summed E-state index contributed by atoms with van der Waals surface area (Å²) in [4.78, 5) is 27.8. The van der Waals surface area contributed by atoms with Gasteiger partial charge >= 0.3 is 0 Å². The van der Waals surface area contributed by atoms with Gasteiger partial charge in [0.2, 0.25) is 0 Å². The minimum absolute atomic E-state index is 0.0128. The maximum atomic E-state index is 13.2. The number of para-hydroxylation sites is 1. The lowest BCUT2D eigenvalue weighted by atomic mass is 9.95. The van der Waals surface area contributed by atoms with Crippen LogP contribution in [0.15, 0.2) is 84.4 Å². The van der Waals surface area contributed by atoms with Crippen LogP contribution in [0.2, 0.25) is 0 Å². The first-order valence-electron chi connectivity index (χ1n) is 10.7. The summed E-state index contributed by atoms with van der Waals surface area (Å²) in [5.74, 6) is -0.568. The molecular weight excluding hydrogens is 418 g/mol. The van der Waals surface area contributed by atoms with Crippen LogP contribution in [0.4, 0.5) is 5.69 Å². The lowest BCUT2D eigenvalue weighted by molar-refractivity contribution is -0.132. The topological polar surface area (TPSA) is 76.1 Å². The predicted octanol–water partition coefficient (Wildman–Crippen LogP) is 5.11. The van der Waals surface area contributed by atoms with Crippen LogP contribution in [0.1, 0.15) is 31.0 Å². The van der Waals surface area contributed by atoms with E-state index >= 15 is 0 Å². The molecule has 0 saturated carbocycles. The molecule has 6 nitrogen and oxygen atoms in total. The number of methoxy groups -OCH3 is 1. The van der Waals surface area contributed by atoms with Crippen molar-refractivity contribution in [2.24, 2.45) is 0 Å². The zero-order valence-corrected chi connectivity index (χ0v) is 18.7. The lowest BCUT2D eigenvalue weighted by Crippen LogP contribution is -2.29. The van der Waals surface area contributed by atoms with Crippen molar-refractivity contribution in [3.8, 4) is 11.5 Å². The van der Waals surface area contributed by atoms with Crippen LogP contribution in [0.3, 0.4) is 0 Å². The molecule has 0 aliphatic carbocycles. The SMILES string of the molecule is COc1cccc(C2/C(=C(/O)c3cccc(OC(C)C)c3)C(=O)C(=O)N2c2ccccc2)c1. The average Bonchev–Trinajstić information content (AvgIpc) is 3.09. The second kappa shape index (κ2) is 9.20. The fourth-order valence-electron chi connectivity index (χ4n) is 3.96. The van der Waals surface area contributed by atoms with Gasteiger partial charge in [0.15, 0.2) is 0 Å². The van der Waals surface area contributed by atoms with E-state index in [4.69, 9.17) is 9.47 Å². The second-order valence-electron chi connectivity index (χ2n) is 7.98. The second-order valence-corrected chi connectivity index (χ2v) is 7.98. The molecule has 168 valence electrons. The summed E-state index contributed by atoms with van der Waals surface area (Å²) in [5, 5.41) is 11.3. The quantitative estimate of drug-likeness (QED) is 0.326. The Hall–Kier alpha value is -4.06. The first-order chi connectivity index (χ1) is 15.9. The zero-order valence-electron chi connectivity index (χ0n) is 18.7. The zero-order chi connectivity index (χ0) is 23.5. The van der Waals surface area contributed by atoms with Gasteiger partial charge in [-0.2, -0.15) is 0 Å². The summed E-state index contributed by atoms with van der Waals surface area (Å²) in [6.45, 7) is 3.81. The van der Waals surface area contributed by atoms with Gasteiger partial charge in [-0.15, -0.1) is 0 Å². The van der Waals surface area contributed by atoms with E-state index in [2.05, 4.69) is 0 Å². The summed E-state index contributed by atoms with van der Waals surface area (Å²) in [7, 11) is 1.55. The van der Waals surface area contributed by atoms with Crippen LogP contribution < -0.4 is 14.4 Å². The predicted molar refractivity (Wildman–Crippen MR) is 126 cm³/mol. The number of aliphatic hydroxyl groups excluding tert-OH is 1. The lowest BCUT2D eigenvalue weighted by Gasteiger charge is -2.25. The molecule has 3 aromatic rings. The molecule has 0 aromatic heterocycles. The third-order valence-electron chi connectivity index (χ3n) is 5.37. The van der Waals surface area contributed by atoms with E-state index < -0.39 is 17.7 Å². The first kappa shape index (κ1) is 22.1. The molecule has 1 aliphatic heterocycles. The Morgan fingerprint density at radius 2 is 1.61 bits per heavy atom. The van der Waals surface area contributed by atoms with Gasteiger partial charge in [0, 0.05) is 11.3 Å². The fourth-order valence-corrected chi connectivity index (χ4v) is 3.96. The van der Waals surface area contributed by atoms with Crippen LogP contribution in [-0.4, -0.2) is 30.0 Å². The Balaban J connectivity index is 1.91. The highest BCUT2D eigenvalue weighted by molar-refractivity contribution is 6.51. The summed E-state index contributed by atoms with van der Waals surface area (Å²) < 4.78 is 11.1. The highest BCUT2D eigenvalue weighted by Gasteiger charge is 2.47. The van der Waals surface area contributed by atoms with Crippen molar-refractivity contribution in [2.75, 3.05) is 12.0 Å². The first-order valence-corrected chi connectivity index (χ1v) is 10.7. The molecule has 1 fully saturated rings. The van der Waals surface area contributed by atoms with E-state index in [1.54, 1.807) is 79.9 Å². The van der Waals surface area contributed by atoms with Crippen molar-refractivity contribution in [1.29, 1.82) is 0 Å². The van der Waals surface area contributed by atoms with Gasteiger partial charge in [0.05, 0.1) is 24.8 Å². The minimum Gasteiger partial charge on any atom is -0.507 e. The highest BCUT2D eigenvalue weighted by Crippen LogP contribution is 2.43. The van der Waals surface area contributed by atoms with Gasteiger partial charge < -0.3 is 14.6 Å². The standard InChI is InChI=1S/C27H25NO5/c1-17(2)33-22-14-8-10-19(16-22)25(29)23-24(18-9-7-13-21(15-18)32-3)28(27(31)26(23)30)20-11-5-4-6-12-20/h4-17,24,29H,1-3H3/b25-23-. The normalized spacial score (nSPS) is 17.5. The molecule has 0 bridgehead atoms. The van der Waals surface area contributed by atoms with Gasteiger partial charge in [-0.25, -0.2) is 0 Å². The number of carbonyl (C=O) groups is 2. The smallest absolute Gasteiger partial charge is 0.300 e. The third-order valence-corrected chi connectivity index (χ3v) is 5.37. The number of anilines is 1. The van der Waals surface area contributed by atoms with E-state index in [0.29, 0.717) is 28.3 Å². The van der Waals surface area contributed by atoms with Crippen molar-refractivity contribution in [1.82, 2.24) is 0 Å². The molecule has 33 heavy (non-hydrogen) atoms. The number of amides is 1. The number of hydrogen-bond acceptors (Lipinski definition) is 5. The number of ketones is 1. The molecule has 0 radical (unpaired) electrons. The van der Waals surface area contributed by atoms with Crippen LogP contribution in [0, 0.1) is 0 Å². The van der Waals surface area contributed by atoms with E-state index in [1.165, 1.54) is 4.90 Å². The summed E-state index contributed by atoms with van der Waals surface area (Å²) in [6, 6.07) is 22.1. The van der Waals surface area contributed by atoms with E-state index in [-0.39, 0.29) is 17.4 Å². The molecule has 6 heteroatoms. The van der Waals surface area contributed by atoms with Crippen molar-refractivity contribution >= 4 is 23.1 Å². The Morgan fingerprint density at radius 1 is 0.909 bits per heavy atom. The molecule has 1 heterocycles. The van der Waals surface area contributed by atoms with Crippen LogP contribution >= 0.6 is 0 Å². The average molecular weight is 443 g/mol. The molecule has 1 amide bonds. The highest BCUT2D eigenvalue weighted by atomic mass is 16.5. The Morgan fingerprint density at radius 3 is 2.30 bits per heavy atom. The fraction of sp³-hybridized carbons (Fsp3) is 0.185. The van der Waals surface area contributed by atoms with Gasteiger partial charge in [-0.1, -0.05) is 42.5 Å². The Labute approximate surface area is 192 Å². The monoisotopic (exact) mass is 443 g/mol. The number of Topliss-reactive ketones (excluding diaryl/α,β-unsaturated/α-hetero) is 1. The minimum atomic E-state index is -0.822. The third kappa shape index (κ3) is 4.32. The maximum absolute atomic E-state index is 13.2. The molecular formula is C27H25NO5. The van der Waals surface area contributed by atoms with Crippen molar-refractivity contribution in [2.45, 2.75) is 26.0 Å². The van der Waals surface area contributed by atoms with E-state index in [0.717, 1.165) is 0 Å². The molecule has 1 N–H and O–H groups in total. The molecule has 1 unspecified atom stereocenters. The van der Waals surface area contributed by atoms with Crippen LogP contribution in [0.5, 0.6) is 11.5 Å². The number of ether oxygens (including phenoxy) is 2. The van der Waals surface area contributed by atoms with Gasteiger partial charge in [-0.05, 0) is 55.8 Å². The van der Waals surface area contributed by atoms with Gasteiger partial charge in [0.1, 0.15) is 17.3 Å². The number of hydrogen-bond donors (Lipinski definition) is 1. The van der Waals surface area contributed by atoms with Crippen LogP contribution in [0.25, 0.3) is 5.76 Å². The molecule has 4 rings (SSSR count). The van der Waals surface area contributed by atoms with E-state index in [9.17, 15) is 14.7 Å². The molecule has 1 aliphatic rings. The van der Waals surface area contributed by atoms with Gasteiger partial charge in [-0.3, -0.25) is 14.5 Å². The van der Waals surface area contributed by atoms with E-state index in [1.807, 2.05) is 19.9 Å². The number of benzene rings is 3. The summed E-state index contributed by atoms with van der Waals surface area (Å²) in [6.07, 6.45) is -0.0529. The van der Waals surface area contributed by atoms with Crippen molar-refractivity contribution in [3.05, 3.63) is 95.6 Å². The summed E-state index contributed by atoms with van der Waals surface area (Å²) in [5.41, 5.74) is 1.61. The van der Waals surface area contributed by atoms with Gasteiger partial charge in [0.25, 0.3) is 11.7 Å². The maximum Gasteiger partial charge on any atom is 0.300 e. The molecule has 1 atom stereocenters. The Kier molecular flexibility index (Phi) is 6.18. The number of nitrogens with zero attached hydrogens (tertiary/aromatic N) is 1. The molecule has 0 spiro atoms. The van der Waals surface area contributed by atoms with Crippen molar-refractivity contribution in [3.63, 3.8) is 0 Å². The number of aliphatic hydroxyl groups is 1. The summed E-state index contributed by atoms with van der Waals surface area (Å²) >= 11 is 0. The Bertz CT molecular complexity index is 1220.